The van der Waals surface area contributed by atoms with E-state index in [1.807, 2.05) is 66.7 Å². The van der Waals surface area contributed by atoms with Gasteiger partial charge in [0.2, 0.25) is 0 Å². The van der Waals surface area contributed by atoms with Crippen LogP contribution in [-0.4, -0.2) is 10.9 Å². The van der Waals surface area contributed by atoms with Crippen molar-refractivity contribution in [3.63, 3.8) is 0 Å². The Kier molecular flexibility index (Phi) is 5.42. The molecule has 2 aromatic rings. The van der Waals surface area contributed by atoms with Crippen LogP contribution in [0, 0.1) is 0 Å². The van der Waals surface area contributed by atoms with Gasteiger partial charge in [-0.1, -0.05) is 71.9 Å². The van der Waals surface area contributed by atoms with Gasteiger partial charge in [-0.2, -0.15) is 0 Å². The normalized spacial score (nSPS) is 10.2. The van der Waals surface area contributed by atoms with Crippen molar-refractivity contribution < 1.29 is 5.21 Å². The fraction of sp³-hybridized carbons (Fsp3) is 0.0714. The highest BCUT2D eigenvalue weighted by molar-refractivity contribution is 5.98. The van der Waals surface area contributed by atoms with Crippen molar-refractivity contribution in [3.05, 3.63) is 72.3 Å². The van der Waals surface area contributed by atoms with Crippen molar-refractivity contribution in [2.24, 2.45) is 5.16 Å². The van der Waals surface area contributed by atoms with Gasteiger partial charge in [0.1, 0.15) is 0 Å². The van der Waals surface area contributed by atoms with Crippen LogP contribution in [0.5, 0.6) is 0 Å². The van der Waals surface area contributed by atoms with E-state index in [-0.39, 0.29) is 0 Å². The van der Waals surface area contributed by atoms with Gasteiger partial charge in [-0.3, -0.25) is 0 Å². The van der Waals surface area contributed by atoms with Crippen molar-refractivity contribution in [1.82, 2.24) is 0 Å². The van der Waals surface area contributed by atoms with Crippen LogP contribution in [0.25, 0.3) is 0 Å². The van der Waals surface area contributed by atoms with Crippen LogP contribution in [0.3, 0.4) is 0 Å². The number of hydrogen-bond donors (Lipinski definition) is 1. The number of rotatable bonds is 1. The number of benzene rings is 2. The molecule has 0 fully saturated rings. The second-order valence-electron chi connectivity index (χ2n) is 3.21. The Morgan fingerprint density at radius 3 is 1.56 bits per heavy atom. The Balaban J connectivity index is 0.000000181. The Bertz CT molecular complexity index is 383. The molecule has 0 atom stereocenters. The van der Waals surface area contributed by atoms with E-state index in [1.54, 1.807) is 6.92 Å². The molecule has 0 heterocycles. The molecular weight excluding hydrogens is 198 g/mol. The highest BCUT2D eigenvalue weighted by Crippen LogP contribution is 1.99. The van der Waals surface area contributed by atoms with Gasteiger partial charge in [0.15, 0.2) is 0 Å². The third kappa shape index (κ3) is 4.42. The maximum absolute atomic E-state index is 8.38. The lowest BCUT2D eigenvalue weighted by Crippen LogP contribution is -1.92. The molecule has 0 aliphatic rings. The molecule has 2 rings (SSSR count). The van der Waals surface area contributed by atoms with E-state index in [1.165, 1.54) is 0 Å². The molecule has 0 saturated heterocycles. The second-order valence-corrected chi connectivity index (χ2v) is 3.21. The summed E-state index contributed by atoms with van der Waals surface area (Å²) in [5.41, 5.74) is 1.59. The molecule has 0 aliphatic heterocycles. The molecule has 0 bridgehead atoms. The SMILES string of the molecule is CC(=NO)c1ccccc1.c1ccccc1. The minimum Gasteiger partial charge on any atom is -0.411 e. The summed E-state index contributed by atoms with van der Waals surface area (Å²) in [5, 5.41) is 11.5. The predicted molar refractivity (Wildman–Crippen MR) is 66.9 cm³/mol. The van der Waals surface area contributed by atoms with Gasteiger partial charge in [-0.25, -0.2) is 0 Å². The molecule has 0 saturated carbocycles. The first-order valence-electron chi connectivity index (χ1n) is 5.08. The van der Waals surface area contributed by atoms with Crippen molar-refractivity contribution in [2.45, 2.75) is 6.92 Å². The monoisotopic (exact) mass is 213 g/mol. The first-order chi connectivity index (χ1) is 7.84. The highest BCUT2D eigenvalue weighted by atomic mass is 16.4. The standard InChI is InChI=1S/C8H9NO.C6H6/c1-7(9-10)8-5-3-2-4-6-8;1-2-4-6-5-3-1/h2-6,10H,1H3;1-6H. The summed E-state index contributed by atoms with van der Waals surface area (Å²) in [5.74, 6) is 0. The zero-order valence-corrected chi connectivity index (χ0v) is 9.25. The summed E-state index contributed by atoms with van der Waals surface area (Å²) >= 11 is 0. The lowest BCUT2D eigenvalue weighted by Gasteiger charge is -1.94. The smallest absolute Gasteiger partial charge is 0.0836 e. The third-order valence-electron chi connectivity index (χ3n) is 2.01. The Labute approximate surface area is 95.9 Å². The van der Waals surface area contributed by atoms with Crippen molar-refractivity contribution in [2.75, 3.05) is 0 Å². The topological polar surface area (TPSA) is 32.6 Å². The van der Waals surface area contributed by atoms with Crippen molar-refractivity contribution in [3.8, 4) is 0 Å². The molecule has 0 aromatic heterocycles. The molecule has 2 aromatic carbocycles. The summed E-state index contributed by atoms with van der Waals surface area (Å²) in [6.07, 6.45) is 0. The van der Waals surface area contributed by atoms with Crippen LogP contribution in [0.15, 0.2) is 71.9 Å². The quantitative estimate of drug-likeness (QED) is 0.438. The van der Waals surface area contributed by atoms with Gasteiger partial charge in [0.05, 0.1) is 5.71 Å². The molecule has 0 unspecified atom stereocenters. The van der Waals surface area contributed by atoms with Gasteiger partial charge in [-0.15, -0.1) is 0 Å². The van der Waals surface area contributed by atoms with Crippen molar-refractivity contribution >= 4 is 5.71 Å². The maximum atomic E-state index is 8.38. The van der Waals surface area contributed by atoms with Crippen molar-refractivity contribution in [1.29, 1.82) is 0 Å². The van der Waals surface area contributed by atoms with Crippen LogP contribution in [0.1, 0.15) is 12.5 Å². The number of hydrogen-bond acceptors (Lipinski definition) is 2. The predicted octanol–water partition coefficient (Wildman–Crippen LogP) is 3.57. The van der Waals surface area contributed by atoms with Crippen LogP contribution < -0.4 is 0 Å². The molecule has 0 aliphatic carbocycles. The maximum Gasteiger partial charge on any atom is 0.0836 e. The number of nitrogens with zero attached hydrogens (tertiary/aromatic N) is 1. The molecule has 82 valence electrons. The average Bonchev–Trinajstić information content (AvgIpc) is 2.41. The van der Waals surface area contributed by atoms with E-state index < -0.39 is 0 Å². The summed E-state index contributed by atoms with van der Waals surface area (Å²) in [6.45, 7) is 1.76. The van der Waals surface area contributed by atoms with E-state index in [2.05, 4.69) is 5.16 Å². The Morgan fingerprint density at radius 1 is 0.812 bits per heavy atom. The minimum absolute atomic E-state index is 0.639. The van der Waals surface area contributed by atoms with Gasteiger partial charge >= 0.3 is 0 Å². The van der Waals surface area contributed by atoms with Crippen LogP contribution >= 0.6 is 0 Å². The van der Waals surface area contributed by atoms with E-state index in [0.29, 0.717) is 5.71 Å². The average molecular weight is 213 g/mol. The molecule has 1 N–H and O–H groups in total. The zero-order valence-electron chi connectivity index (χ0n) is 9.25. The fourth-order valence-corrected chi connectivity index (χ4v) is 1.12. The Hall–Kier alpha value is -2.09. The fourth-order valence-electron chi connectivity index (χ4n) is 1.12. The molecule has 0 spiro atoms. The number of oxime groups is 1. The first kappa shape index (κ1) is 12.0. The summed E-state index contributed by atoms with van der Waals surface area (Å²) in [7, 11) is 0. The second kappa shape index (κ2) is 7.23. The van der Waals surface area contributed by atoms with Gasteiger partial charge in [0.25, 0.3) is 0 Å². The highest BCUT2D eigenvalue weighted by Gasteiger charge is 1.92. The zero-order chi connectivity index (χ0) is 11.6. The van der Waals surface area contributed by atoms with E-state index in [0.717, 1.165) is 5.56 Å². The van der Waals surface area contributed by atoms with E-state index in [4.69, 9.17) is 5.21 Å². The molecule has 16 heavy (non-hydrogen) atoms. The van der Waals surface area contributed by atoms with Gasteiger partial charge < -0.3 is 5.21 Å². The lowest BCUT2D eigenvalue weighted by atomic mass is 10.1. The van der Waals surface area contributed by atoms with Crippen LogP contribution in [0.2, 0.25) is 0 Å². The third-order valence-corrected chi connectivity index (χ3v) is 2.01. The van der Waals surface area contributed by atoms with E-state index >= 15 is 0 Å². The van der Waals surface area contributed by atoms with Gasteiger partial charge in [0, 0.05) is 0 Å². The van der Waals surface area contributed by atoms with Crippen LogP contribution in [-0.2, 0) is 0 Å². The molecular formula is C14H15NO. The largest absolute Gasteiger partial charge is 0.411 e. The molecule has 2 heteroatoms. The molecule has 0 radical (unpaired) electrons. The minimum atomic E-state index is 0.639. The first-order valence-corrected chi connectivity index (χ1v) is 5.08. The summed E-state index contributed by atoms with van der Waals surface area (Å²) < 4.78 is 0. The molecule has 0 amide bonds. The Morgan fingerprint density at radius 2 is 1.19 bits per heavy atom. The van der Waals surface area contributed by atoms with Gasteiger partial charge in [-0.05, 0) is 12.5 Å². The lowest BCUT2D eigenvalue weighted by molar-refractivity contribution is 0.319. The summed E-state index contributed by atoms with van der Waals surface area (Å²) in [4.78, 5) is 0. The van der Waals surface area contributed by atoms with E-state index in [9.17, 15) is 0 Å². The van der Waals surface area contributed by atoms with Crippen LogP contribution in [0.4, 0.5) is 0 Å². The molecule has 2 nitrogen and oxygen atoms in total. The summed E-state index contributed by atoms with van der Waals surface area (Å²) in [6, 6.07) is 21.5.